The average molecular weight is 317 g/mol. The van der Waals surface area contributed by atoms with Gasteiger partial charge < -0.3 is 4.74 Å². The monoisotopic (exact) mass is 316 g/mol. The number of likely N-dealkylation sites (tertiary alicyclic amines) is 1. The van der Waals surface area contributed by atoms with Gasteiger partial charge in [0.2, 0.25) is 0 Å². The summed E-state index contributed by atoms with van der Waals surface area (Å²) in [5, 5.41) is 0.808. The highest BCUT2D eigenvalue weighted by Gasteiger charge is 2.22. The average Bonchev–Trinajstić information content (AvgIpc) is 2.97. The van der Waals surface area contributed by atoms with Crippen LogP contribution < -0.4 is 4.74 Å². The van der Waals surface area contributed by atoms with E-state index >= 15 is 0 Å². The number of methoxy groups -OCH3 is 1. The molecule has 1 unspecified atom stereocenters. The highest BCUT2D eigenvalue weighted by Crippen LogP contribution is 2.23. The topological polar surface area (TPSA) is 25.4 Å². The van der Waals surface area contributed by atoms with Gasteiger partial charge in [-0.15, -0.1) is 0 Å². The minimum Gasteiger partial charge on any atom is -0.495 e. The Morgan fingerprint density at radius 3 is 2.82 bits per heavy atom. The second kappa shape index (κ2) is 7.12. The number of halogens is 1. The molecular formula is C18H21ClN2O. The van der Waals surface area contributed by atoms with Crippen molar-refractivity contribution < 1.29 is 4.74 Å². The molecule has 0 bridgehead atoms. The number of benzene rings is 1. The number of nitrogens with zero attached hydrogens (tertiary/aromatic N) is 2. The third-order valence-corrected chi connectivity index (χ3v) is 4.47. The van der Waals surface area contributed by atoms with Gasteiger partial charge in [-0.1, -0.05) is 23.7 Å². The van der Waals surface area contributed by atoms with Gasteiger partial charge >= 0.3 is 0 Å². The van der Waals surface area contributed by atoms with Gasteiger partial charge in [-0.3, -0.25) is 9.88 Å². The Balaban J connectivity index is 1.54. The van der Waals surface area contributed by atoms with Crippen LogP contribution in [-0.2, 0) is 13.0 Å². The number of aromatic nitrogens is 1. The molecule has 2 heterocycles. The van der Waals surface area contributed by atoms with Gasteiger partial charge in [0.05, 0.1) is 13.3 Å². The van der Waals surface area contributed by atoms with Crippen molar-refractivity contribution >= 4 is 11.6 Å². The van der Waals surface area contributed by atoms with E-state index < -0.39 is 0 Å². The standard InChI is InChI=1S/C18H21ClN2O/c1-22-18-9-16(10-20-11-18)13-21-7-6-15(12-21)8-14-2-4-17(19)5-3-14/h2-5,9-11,15H,6-8,12-13H2,1H3. The van der Waals surface area contributed by atoms with Crippen LogP contribution in [0.25, 0.3) is 0 Å². The van der Waals surface area contributed by atoms with Crippen molar-refractivity contribution in [3.05, 3.63) is 58.9 Å². The quantitative estimate of drug-likeness (QED) is 0.838. The van der Waals surface area contributed by atoms with Crippen molar-refractivity contribution in [3.8, 4) is 5.75 Å². The summed E-state index contributed by atoms with van der Waals surface area (Å²) in [7, 11) is 1.68. The van der Waals surface area contributed by atoms with Crippen LogP contribution in [0.3, 0.4) is 0 Å². The fraction of sp³-hybridized carbons (Fsp3) is 0.389. The summed E-state index contributed by atoms with van der Waals surface area (Å²) in [4.78, 5) is 6.73. The van der Waals surface area contributed by atoms with Gasteiger partial charge in [0.25, 0.3) is 0 Å². The predicted molar refractivity (Wildman–Crippen MR) is 89.3 cm³/mol. The zero-order chi connectivity index (χ0) is 15.4. The first kappa shape index (κ1) is 15.3. The molecule has 1 atom stereocenters. The summed E-state index contributed by atoms with van der Waals surface area (Å²) in [5.41, 5.74) is 2.59. The maximum absolute atomic E-state index is 5.94. The van der Waals surface area contributed by atoms with Crippen molar-refractivity contribution in [2.24, 2.45) is 5.92 Å². The molecular weight excluding hydrogens is 296 g/mol. The highest BCUT2D eigenvalue weighted by molar-refractivity contribution is 6.30. The third-order valence-electron chi connectivity index (χ3n) is 4.22. The molecule has 1 fully saturated rings. The van der Waals surface area contributed by atoms with Crippen molar-refractivity contribution in [2.75, 3.05) is 20.2 Å². The normalized spacial score (nSPS) is 18.5. The molecule has 0 spiro atoms. The molecule has 0 aliphatic carbocycles. The molecule has 1 aromatic carbocycles. The molecule has 4 heteroatoms. The second-order valence-corrected chi connectivity index (χ2v) is 6.39. The molecule has 116 valence electrons. The van der Waals surface area contributed by atoms with E-state index in [9.17, 15) is 0 Å². The van der Waals surface area contributed by atoms with Crippen LogP contribution in [0, 0.1) is 5.92 Å². The first-order valence-electron chi connectivity index (χ1n) is 7.67. The summed E-state index contributed by atoms with van der Waals surface area (Å²) in [5.74, 6) is 1.55. The largest absolute Gasteiger partial charge is 0.495 e. The first-order valence-corrected chi connectivity index (χ1v) is 8.05. The van der Waals surface area contributed by atoms with E-state index in [0.29, 0.717) is 0 Å². The van der Waals surface area contributed by atoms with Crippen molar-refractivity contribution in [2.45, 2.75) is 19.4 Å². The zero-order valence-corrected chi connectivity index (χ0v) is 13.6. The van der Waals surface area contributed by atoms with E-state index in [0.717, 1.165) is 42.7 Å². The minimum atomic E-state index is 0.722. The summed E-state index contributed by atoms with van der Waals surface area (Å²) >= 11 is 5.94. The Kier molecular flexibility index (Phi) is 4.96. The Bertz CT molecular complexity index is 615. The van der Waals surface area contributed by atoms with Crippen LogP contribution in [0.4, 0.5) is 0 Å². The van der Waals surface area contributed by atoms with E-state index in [4.69, 9.17) is 16.3 Å². The lowest BCUT2D eigenvalue weighted by atomic mass is 9.99. The van der Waals surface area contributed by atoms with Gasteiger partial charge in [0.1, 0.15) is 5.75 Å². The molecule has 3 nitrogen and oxygen atoms in total. The summed E-state index contributed by atoms with van der Waals surface area (Å²) in [6.07, 6.45) is 6.05. The number of hydrogen-bond acceptors (Lipinski definition) is 3. The number of rotatable bonds is 5. The van der Waals surface area contributed by atoms with Gasteiger partial charge in [0.15, 0.2) is 0 Å². The fourth-order valence-corrected chi connectivity index (χ4v) is 3.22. The molecule has 0 saturated carbocycles. The lowest BCUT2D eigenvalue weighted by Gasteiger charge is -2.16. The summed E-state index contributed by atoms with van der Waals surface area (Å²) in [6.45, 7) is 3.23. The predicted octanol–water partition coefficient (Wildman–Crippen LogP) is 3.81. The first-order chi connectivity index (χ1) is 10.7. The number of hydrogen-bond donors (Lipinski definition) is 0. The third kappa shape index (κ3) is 3.99. The van der Waals surface area contributed by atoms with Crippen LogP contribution in [0.2, 0.25) is 5.02 Å². The van der Waals surface area contributed by atoms with Crippen LogP contribution in [0.5, 0.6) is 5.75 Å². The van der Waals surface area contributed by atoms with E-state index in [-0.39, 0.29) is 0 Å². The molecule has 22 heavy (non-hydrogen) atoms. The van der Waals surface area contributed by atoms with E-state index in [1.807, 2.05) is 18.3 Å². The lowest BCUT2D eigenvalue weighted by molar-refractivity contribution is 0.315. The van der Waals surface area contributed by atoms with Crippen LogP contribution in [-0.4, -0.2) is 30.1 Å². The van der Waals surface area contributed by atoms with Crippen LogP contribution >= 0.6 is 11.6 Å². The highest BCUT2D eigenvalue weighted by atomic mass is 35.5. The zero-order valence-electron chi connectivity index (χ0n) is 12.8. The fourth-order valence-electron chi connectivity index (χ4n) is 3.10. The van der Waals surface area contributed by atoms with Gasteiger partial charge in [-0.25, -0.2) is 0 Å². The molecule has 1 aromatic heterocycles. The molecule has 2 aromatic rings. The van der Waals surface area contributed by atoms with Crippen LogP contribution in [0.15, 0.2) is 42.7 Å². The molecule has 3 rings (SSSR count). The van der Waals surface area contributed by atoms with Gasteiger partial charge in [0, 0.05) is 24.3 Å². The van der Waals surface area contributed by atoms with Gasteiger partial charge in [-0.2, -0.15) is 0 Å². The Labute approximate surface area is 136 Å². The SMILES string of the molecule is COc1cncc(CN2CCC(Cc3ccc(Cl)cc3)C2)c1. The van der Waals surface area contributed by atoms with E-state index in [1.165, 1.54) is 17.5 Å². The van der Waals surface area contributed by atoms with E-state index in [1.54, 1.807) is 13.3 Å². The van der Waals surface area contributed by atoms with Crippen molar-refractivity contribution in [1.82, 2.24) is 9.88 Å². The maximum atomic E-state index is 5.94. The Morgan fingerprint density at radius 2 is 2.05 bits per heavy atom. The Morgan fingerprint density at radius 1 is 1.23 bits per heavy atom. The van der Waals surface area contributed by atoms with Gasteiger partial charge in [-0.05, 0) is 54.6 Å². The molecule has 1 aliphatic rings. The summed E-state index contributed by atoms with van der Waals surface area (Å²) in [6, 6.07) is 10.3. The Hall–Kier alpha value is -1.58. The molecule has 0 radical (unpaired) electrons. The minimum absolute atomic E-state index is 0.722. The van der Waals surface area contributed by atoms with E-state index in [2.05, 4.69) is 28.1 Å². The smallest absolute Gasteiger partial charge is 0.137 e. The molecule has 0 amide bonds. The number of pyridine rings is 1. The summed E-state index contributed by atoms with van der Waals surface area (Å²) < 4.78 is 5.24. The lowest BCUT2D eigenvalue weighted by Crippen LogP contribution is -2.20. The molecule has 1 saturated heterocycles. The molecule has 1 aliphatic heterocycles. The van der Waals surface area contributed by atoms with Crippen molar-refractivity contribution in [1.29, 1.82) is 0 Å². The second-order valence-electron chi connectivity index (χ2n) is 5.95. The molecule has 0 N–H and O–H groups in total. The van der Waals surface area contributed by atoms with Crippen LogP contribution in [0.1, 0.15) is 17.5 Å². The number of ether oxygens (including phenoxy) is 1. The maximum Gasteiger partial charge on any atom is 0.137 e. The van der Waals surface area contributed by atoms with Crippen molar-refractivity contribution in [3.63, 3.8) is 0 Å².